The Morgan fingerprint density at radius 3 is 0.806 bits per heavy atom. The monoisotopic (exact) mass is 1000 g/mol. The molecule has 0 aromatic rings. The van der Waals surface area contributed by atoms with Gasteiger partial charge in [0.25, 0.3) is 0 Å². The van der Waals surface area contributed by atoms with E-state index in [0.717, 1.165) is 11.5 Å². The van der Waals surface area contributed by atoms with Gasteiger partial charge in [0, 0.05) is 9.81 Å². The average molecular weight is 1010 g/mol. The van der Waals surface area contributed by atoms with Crippen molar-refractivity contribution >= 4 is 95.8 Å². The highest BCUT2D eigenvalue weighted by Crippen LogP contribution is 2.64. The zero-order chi connectivity index (χ0) is 44.2. The van der Waals surface area contributed by atoms with Gasteiger partial charge >= 0.3 is 0 Å². The van der Waals surface area contributed by atoms with Gasteiger partial charge in [-0.1, -0.05) is 279 Å². The number of thiol groups is 2. The number of hydrogen-bond donors (Lipinski definition) is 2. The summed E-state index contributed by atoms with van der Waals surface area (Å²) in [5, 5.41) is 0. The first-order valence-electron chi connectivity index (χ1n) is 27.1. The second-order valence-corrected chi connectivity index (χ2v) is 26.9. The predicted molar refractivity (Wildman–Crippen MR) is 309 cm³/mol. The van der Waals surface area contributed by atoms with Crippen LogP contribution in [0, 0.1) is 0 Å². The molecule has 0 N–H and O–H groups in total. The van der Waals surface area contributed by atoms with Crippen molar-refractivity contribution in [3.05, 3.63) is 26.8 Å². The Morgan fingerprint density at radius 1 is 0.290 bits per heavy atom. The van der Waals surface area contributed by atoms with Crippen molar-refractivity contribution in [1.82, 2.24) is 0 Å². The summed E-state index contributed by atoms with van der Waals surface area (Å²) in [7, 11) is 0. The molecule has 2 aliphatic rings. The van der Waals surface area contributed by atoms with Crippen molar-refractivity contribution in [3.63, 3.8) is 0 Å². The van der Waals surface area contributed by atoms with E-state index in [0.29, 0.717) is 0 Å². The van der Waals surface area contributed by atoms with Crippen molar-refractivity contribution in [2.75, 3.05) is 23.0 Å². The Balaban J connectivity index is 1.90. The lowest BCUT2D eigenvalue weighted by molar-refractivity contribution is 0.557. The molecule has 0 bridgehead atoms. The summed E-state index contributed by atoms with van der Waals surface area (Å²) in [6, 6.07) is 0. The molecule has 0 nitrogen and oxygen atoms in total. The van der Waals surface area contributed by atoms with Crippen molar-refractivity contribution in [2.45, 2.75) is 284 Å². The van der Waals surface area contributed by atoms with E-state index in [-0.39, 0.29) is 0 Å². The van der Waals surface area contributed by atoms with E-state index in [9.17, 15) is 0 Å². The number of thioether (sulfide) groups is 6. The fourth-order valence-corrected chi connectivity index (χ4v) is 18.0. The summed E-state index contributed by atoms with van der Waals surface area (Å²) in [5.74, 6) is 4.72. The SMILES string of the molecule is CCCCCCCCCCCCC1=C(SCCCCCCCCCCCCS)S/C(=C2\SC(CCCCCCCCCCCC)=C(SCCCCCCCCCCCCS)S2)S1. The Hall–Kier alpha value is 2.02. The standard InChI is InChI=1S/C54H100S8/c1-3-5-7-9-11-13-19-25-31-37-43-49-51(57-47-41-35-29-23-17-15-21-27-33-39-45-55)61-53(59-49)54-60-50(44-38-32-26-20-14-12-10-8-6-4-2)52(62-54)58-48-42-36-30-24-18-16-22-28-34-40-46-56/h55-56H,3-48H2,1-2H3/b54-53+. The van der Waals surface area contributed by atoms with E-state index in [1.165, 1.54) is 281 Å². The highest BCUT2D eigenvalue weighted by molar-refractivity contribution is 8.40. The first kappa shape index (κ1) is 60.1. The summed E-state index contributed by atoms with van der Waals surface area (Å²) in [5.41, 5.74) is 0. The number of allylic oxidation sites excluding steroid dienone is 2. The van der Waals surface area contributed by atoms with Crippen LogP contribution >= 0.6 is 95.8 Å². The zero-order valence-electron chi connectivity index (χ0n) is 40.9. The molecule has 0 fully saturated rings. The largest absolute Gasteiger partial charge is 0.179 e. The average Bonchev–Trinajstić information content (AvgIpc) is 3.89. The van der Waals surface area contributed by atoms with Gasteiger partial charge in [0.15, 0.2) is 0 Å². The third-order valence-corrected chi connectivity index (χ3v) is 22.1. The van der Waals surface area contributed by atoms with Crippen LogP contribution < -0.4 is 0 Å². The second-order valence-electron chi connectivity index (χ2n) is 18.5. The number of rotatable bonds is 48. The first-order chi connectivity index (χ1) is 30.7. The van der Waals surface area contributed by atoms with Crippen molar-refractivity contribution in [1.29, 1.82) is 0 Å². The van der Waals surface area contributed by atoms with Crippen LogP contribution in [0.5, 0.6) is 0 Å². The van der Waals surface area contributed by atoms with E-state index < -0.39 is 0 Å². The lowest BCUT2D eigenvalue weighted by Crippen LogP contribution is -1.86. The van der Waals surface area contributed by atoms with Crippen LogP contribution in [-0.2, 0) is 0 Å². The summed E-state index contributed by atoms with van der Waals surface area (Å²) in [6.45, 7) is 4.65. The maximum absolute atomic E-state index is 4.37. The molecule has 2 rings (SSSR count). The van der Waals surface area contributed by atoms with Crippen molar-refractivity contribution < 1.29 is 0 Å². The summed E-state index contributed by atoms with van der Waals surface area (Å²) in [4.78, 5) is 3.44. The highest BCUT2D eigenvalue weighted by atomic mass is 32.2. The maximum atomic E-state index is 4.37. The molecule has 0 aromatic heterocycles. The maximum Gasteiger partial charge on any atom is 0.0708 e. The minimum Gasteiger partial charge on any atom is -0.179 e. The zero-order valence-corrected chi connectivity index (χ0v) is 47.6. The third kappa shape index (κ3) is 34.3. The van der Waals surface area contributed by atoms with Crippen molar-refractivity contribution in [2.24, 2.45) is 0 Å². The molecule has 0 unspecified atom stereocenters. The molecule has 0 aliphatic carbocycles. The molecule has 0 radical (unpaired) electrons. The van der Waals surface area contributed by atoms with Gasteiger partial charge in [-0.3, -0.25) is 0 Å². The first-order valence-corrected chi connectivity index (χ1v) is 33.6. The normalized spacial score (nSPS) is 15.7. The molecule has 0 aromatic carbocycles. The van der Waals surface area contributed by atoms with Crippen LogP contribution in [0.3, 0.4) is 0 Å². The Morgan fingerprint density at radius 2 is 0.532 bits per heavy atom. The Labute approximate surface area is 425 Å². The molecular formula is C54H100S8. The van der Waals surface area contributed by atoms with Gasteiger partial charge in [-0.15, -0.1) is 23.5 Å². The number of hydrogen-bond acceptors (Lipinski definition) is 8. The van der Waals surface area contributed by atoms with Crippen LogP contribution in [0.1, 0.15) is 284 Å². The molecular weight excluding hydrogens is 905 g/mol. The van der Waals surface area contributed by atoms with Gasteiger partial charge < -0.3 is 0 Å². The van der Waals surface area contributed by atoms with Gasteiger partial charge in [-0.2, -0.15) is 25.3 Å². The fraction of sp³-hybridized carbons (Fsp3) is 0.889. The summed E-state index contributed by atoms with van der Waals surface area (Å²) < 4.78 is 6.60. The van der Waals surface area contributed by atoms with Gasteiger partial charge in [-0.25, -0.2) is 0 Å². The van der Waals surface area contributed by atoms with E-state index in [2.05, 4.69) is 110 Å². The molecule has 2 heterocycles. The van der Waals surface area contributed by atoms with Crippen LogP contribution in [0.15, 0.2) is 26.8 Å². The molecule has 62 heavy (non-hydrogen) atoms. The molecule has 0 saturated heterocycles. The van der Waals surface area contributed by atoms with Gasteiger partial charge in [-0.05, 0) is 74.4 Å². The minimum absolute atomic E-state index is 1.06. The van der Waals surface area contributed by atoms with Gasteiger partial charge in [0.05, 0.1) is 16.9 Å². The van der Waals surface area contributed by atoms with E-state index in [1.807, 2.05) is 0 Å². The molecule has 364 valence electrons. The molecule has 0 spiro atoms. The number of unbranched alkanes of at least 4 members (excludes halogenated alkanes) is 36. The van der Waals surface area contributed by atoms with Crippen LogP contribution in [0.4, 0.5) is 0 Å². The van der Waals surface area contributed by atoms with Crippen LogP contribution in [0.2, 0.25) is 0 Å². The molecule has 8 heteroatoms. The van der Waals surface area contributed by atoms with Gasteiger partial charge in [0.1, 0.15) is 0 Å². The summed E-state index contributed by atoms with van der Waals surface area (Å²) in [6.07, 6.45) is 59.1. The van der Waals surface area contributed by atoms with Crippen LogP contribution in [-0.4, -0.2) is 23.0 Å². The topological polar surface area (TPSA) is 0 Å². The predicted octanol–water partition coefficient (Wildman–Crippen LogP) is 23.2. The molecule has 0 atom stereocenters. The fourth-order valence-electron chi connectivity index (χ4n) is 8.46. The van der Waals surface area contributed by atoms with Gasteiger partial charge in [0.2, 0.25) is 0 Å². The second kappa shape index (κ2) is 46.7. The highest BCUT2D eigenvalue weighted by Gasteiger charge is 2.30. The molecule has 0 amide bonds. The lowest BCUT2D eigenvalue weighted by Gasteiger charge is -2.06. The van der Waals surface area contributed by atoms with Crippen molar-refractivity contribution in [3.8, 4) is 0 Å². The molecule has 2 aliphatic heterocycles. The quantitative estimate of drug-likeness (QED) is 0.0457. The summed E-state index contributed by atoms with van der Waals surface area (Å²) >= 11 is 21.9. The third-order valence-electron chi connectivity index (χ3n) is 12.5. The van der Waals surface area contributed by atoms with E-state index in [4.69, 9.17) is 0 Å². The smallest absolute Gasteiger partial charge is 0.0708 e. The Bertz CT molecular complexity index is 1020. The van der Waals surface area contributed by atoms with E-state index >= 15 is 0 Å². The van der Waals surface area contributed by atoms with Crippen LogP contribution in [0.25, 0.3) is 0 Å². The van der Waals surface area contributed by atoms with E-state index in [1.54, 1.807) is 26.8 Å². The Kier molecular flexibility index (Phi) is 45.3. The lowest BCUT2D eigenvalue weighted by atomic mass is 10.1. The molecule has 0 saturated carbocycles. The minimum atomic E-state index is 1.06.